The van der Waals surface area contributed by atoms with Gasteiger partial charge in [-0.1, -0.05) is 30.3 Å². The Hall–Kier alpha value is -3.35. The minimum absolute atomic E-state index is 0.0317. The fraction of sp³-hybridized carbons (Fsp3) is 0.423. The molecule has 2 aliphatic rings. The number of ether oxygens (including phenoxy) is 1. The first kappa shape index (κ1) is 22.8. The number of carbonyl (C=O) groups excluding carboxylic acids is 1. The molecule has 0 atom stereocenters. The summed E-state index contributed by atoms with van der Waals surface area (Å²) in [5.41, 5.74) is 3.26. The van der Waals surface area contributed by atoms with Crippen LogP contribution in [0.2, 0.25) is 0 Å². The zero-order valence-corrected chi connectivity index (χ0v) is 19.7. The van der Waals surface area contributed by atoms with Crippen molar-refractivity contribution in [3.8, 4) is 17.1 Å². The van der Waals surface area contributed by atoms with Crippen molar-refractivity contribution in [2.75, 3.05) is 18.6 Å². The predicted octanol–water partition coefficient (Wildman–Crippen LogP) is 4.99. The third-order valence-electron chi connectivity index (χ3n) is 6.65. The van der Waals surface area contributed by atoms with Crippen LogP contribution in [0.5, 0.6) is 5.88 Å². The van der Waals surface area contributed by atoms with E-state index < -0.39 is 17.2 Å². The number of hydrogen-bond donors (Lipinski definition) is 1. The SMILES string of the molecule is C=CCc1cc2c(nc1-c1ccc(C3(N(C(=O)O)C(C)(C)C)CCC3)cc1)OCC(=O)N2C. The van der Waals surface area contributed by atoms with E-state index in [1.165, 1.54) is 0 Å². The molecule has 1 fully saturated rings. The molecule has 2 amide bonds. The van der Waals surface area contributed by atoms with E-state index in [9.17, 15) is 14.7 Å². The van der Waals surface area contributed by atoms with E-state index in [1.54, 1.807) is 16.8 Å². The summed E-state index contributed by atoms with van der Waals surface area (Å²) in [5.74, 6) is 0.322. The van der Waals surface area contributed by atoms with Crippen molar-refractivity contribution < 1.29 is 19.4 Å². The van der Waals surface area contributed by atoms with E-state index in [-0.39, 0.29) is 12.5 Å². The van der Waals surface area contributed by atoms with Gasteiger partial charge in [0, 0.05) is 18.2 Å². The predicted molar refractivity (Wildman–Crippen MR) is 128 cm³/mol. The van der Waals surface area contributed by atoms with Crippen LogP contribution in [0.15, 0.2) is 43.0 Å². The Morgan fingerprint density at radius 1 is 1.30 bits per heavy atom. The van der Waals surface area contributed by atoms with Crippen molar-refractivity contribution in [2.45, 2.75) is 57.5 Å². The minimum atomic E-state index is -0.897. The van der Waals surface area contributed by atoms with Gasteiger partial charge in [-0.05, 0) is 63.6 Å². The molecule has 1 N–H and O–H groups in total. The van der Waals surface area contributed by atoms with E-state index in [4.69, 9.17) is 9.72 Å². The summed E-state index contributed by atoms with van der Waals surface area (Å²) >= 11 is 0. The van der Waals surface area contributed by atoms with Gasteiger partial charge >= 0.3 is 6.09 Å². The number of fused-ring (bicyclic) bond motifs is 1. The molecule has 0 spiro atoms. The number of anilines is 1. The lowest BCUT2D eigenvalue weighted by atomic mass is 9.69. The number of benzene rings is 1. The van der Waals surface area contributed by atoms with E-state index in [1.807, 2.05) is 57.2 Å². The largest absolute Gasteiger partial charge is 0.466 e. The van der Waals surface area contributed by atoms with Crippen molar-refractivity contribution in [1.29, 1.82) is 0 Å². The van der Waals surface area contributed by atoms with Crippen LogP contribution in [-0.4, -0.2) is 46.2 Å². The molecule has 1 aromatic heterocycles. The molecule has 0 unspecified atom stereocenters. The summed E-state index contributed by atoms with van der Waals surface area (Å²) < 4.78 is 5.60. The molecule has 0 saturated heterocycles. The number of pyridine rings is 1. The Labute approximate surface area is 194 Å². The number of aromatic nitrogens is 1. The highest BCUT2D eigenvalue weighted by Crippen LogP contribution is 2.49. The van der Waals surface area contributed by atoms with Crippen LogP contribution in [0.25, 0.3) is 11.3 Å². The fourth-order valence-corrected chi connectivity index (χ4v) is 5.00. The molecule has 33 heavy (non-hydrogen) atoms. The first-order valence-corrected chi connectivity index (χ1v) is 11.3. The summed E-state index contributed by atoms with van der Waals surface area (Å²) in [4.78, 5) is 32.2. The topological polar surface area (TPSA) is 83.0 Å². The first-order chi connectivity index (χ1) is 15.6. The zero-order chi connectivity index (χ0) is 24.0. The Bertz CT molecular complexity index is 1100. The highest BCUT2D eigenvalue weighted by Gasteiger charge is 2.50. The van der Waals surface area contributed by atoms with Crippen LogP contribution in [0.1, 0.15) is 51.2 Å². The second-order valence-electron chi connectivity index (χ2n) is 9.81. The highest BCUT2D eigenvalue weighted by molar-refractivity contribution is 5.97. The summed E-state index contributed by atoms with van der Waals surface area (Å²) in [5, 5.41) is 10.0. The van der Waals surface area contributed by atoms with Crippen LogP contribution in [0.3, 0.4) is 0 Å². The quantitative estimate of drug-likeness (QED) is 0.650. The molecule has 1 aliphatic heterocycles. The average molecular weight is 450 g/mol. The summed E-state index contributed by atoms with van der Waals surface area (Å²) in [6, 6.07) is 9.97. The Balaban J connectivity index is 1.75. The minimum Gasteiger partial charge on any atom is -0.466 e. The van der Waals surface area contributed by atoms with Gasteiger partial charge in [0.15, 0.2) is 6.61 Å². The Kier molecular flexibility index (Phi) is 5.68. The van der Waals surface area contributed by atoms with E-state index in [0.29, 0.717) is 18.0 Å². The van der Waals surface area contributed by atoms with Crippen LogP contribution in [0, 0.1) is 0 Å². The smallest absolute Gasteiger partial charge is 0.408 e. The van der Waals surface area contributed by atoms with E-state index >= 15 is 0 Å². The molecule has 2 heterocycles. The van der Waals surface area contributed by atoms with Crippen LogP contribution in [-0.2, 0) is 16.8 Å². The van der Waals surface area contributed by atoms with Crippen molar-refractivity contribution >= 4 is 17.7 Å². The summed E-state index contributed by atoms with van der Waals surface area (Å²) in [7, 11) is 1.72. The zero-order valence-electron chi connectivity index (χ0n) is 19.7. The molecule has 1 saturated carbocycles. The molecular weight excluding hydrogens is 418 g/mol. The van der Waals surface area contributed by atoms with Gasteiger partial charge in [0.1, 0.15) is 5.69 Å². The Morgan fingerprint density at radius 2 is 1.97 bits per heavy atom. The van der Waals surface area contributed by atoms with Crippen LogP contribution < -0.4 is 9.64 Å². The molecule has 7 nitrogen and oxygen atoms in total. The van der Waals surface area contributed by atoms with Crippen LogP contribution >= 0.6 is 0 Å². The number of likely N-dealkylation sites (N-methyl/N-ethyl adjacent to an activating group) is 1. The van der Waals surface area contributed by atoms with Gasteiger partial charge in [0.05, 0.1) is 11.2 Å². The number of nitrogens with zero attached hydrogens (tertiary/aromatic N) is 3. The Morgan fingerprint density at radius 3 is 2.48 bits per heavy atom. The second kappa shape index (κ2) is 8.21. The molecule has 7 heteroatoms. The normalized spacial score (nSPS) is 17.0. The van der Waals surface area contributed by atoms with Gasteiger partial charge in [-0.15, -0.1) is 6.58 Å². The molecule has 0 bridgehead atoms. The molecule has 1 aliphatic carbocycles. The highest BCUT2D eigenvalue weighted by atomic mass is 16.5. The molecule has 0 radical (unpaired) electrons. The lowest BCUT2D eigenvalue weighted by Gasteiger charge is -2.54. The van der Waals surface area contributed by atoms with Gasteiger partial charge in [-0.3, -0.25) is 9.69 Å². The molecular formula is C26H31N3O4. The van der Waals surface area contributed by atoms with Crippen molar-refractivity contribution in [3.05, 3.63) is 54.1 Å². The maximum absolute atomic E-state index is 12.2. The number of rotatable bonds is 5. The lowest BCUT2D eigenvalue weighted by Crippen LogP contribution is -2.60. The number of carboxylic acid groups (broad SMARTS) is 1. The first-order valence-electron chi connectivity index (χ1n) is 11.3. The number of carbonyl (C=O) groups is 2. The van der Waals surface area contributed by atoms with Gasteiger partial charge in [-0.2, -0.15) is 0 Å². The average Bonchev–Trinajstić information content (AvgIpc) is 2.72. The van der Waals surface area contributed by atoms with Gasteiger partial charge in [0.25, 0.3) is 5.91 Å². The number of amides is 2. The maximum atomic E-state index is 12.2. The monoisotopic (exact) mass is 449 g/mol. The number of hydrogen-bond acceptors (Lipinski definition) is 4. The summed E-state index contributed by atoms with van der Waals surface area (Å²) in [6.07, 6.45) is 4.13. The van der Waals surface area contributed by atoms with Gasteiger partial charge in [-0.25, -0.2) is 9.78 Å². The lowest BCUT2D eigenvalue weighted by molar-refractivity contribution is -0.121. The number of allylic oxidation sites excluding steroid dienone is 1. The van der Waals surface area contributed by atoms with E-state index in [0.717, 1.165) is 41.6 Å². The second-order valence-corrected chi connectivity index (χ2v) is 9.81. The molecule has 174 valence electrons. The molecule has 1 aromatic carbocycles. The van der Waals surface area contributed by atoms with Crippen molar-refractivity contribution in [3.63, 3.8) is 0 Å². The van der Waals surface area contributed by atoms with Crippen molar-refractivity contribution in [1.82, 2.24) is 9.88 Å². The fourth-order valence-electron chi connectivity index (χ4n) is 5.00. The van der Waals surface area contributed by atoms with Gasteiger partial charge in [0.2, 0.25) is 5.88 Å². The standard InChI is InChI=1S/C26H31N3O4/c1-6-8-18-15-20-23(33-16-21(30)28(20)5)27-22(18)17-9-11-19(12-10-17)26(13-7-14-26)29(24(31)32)25(2,3)4/h6,9-12,15H,1,7-8,13-14,16H2,2-5H3,(H,31,32). The van der Waals surface area contributed by atoms with Crippen LogP contribution in [0.4, 0.5) is 10.5 Å². The van der Waals surface area contributed by atoms with E-state index in [2.05, 4.69) is 6.58 Å². The third-order valence-corrected chi connectivity index (χ3v) is 6.65. The van der Waals surface area contributed by atoms with Crippen molar-refractivity contribution in [2.24, 2.45) is 0 Å². The summed E-state index contributed by atoms with van der Waals surface area (Å²) in [6.45, 7) is 9.65. The molecule has 2 aromatic rings. The third kappa shape index (κ3) is 3.86. The van der Waals surface area contributed by atoms with Gasteiger partial charge < -0.3 is 14.7 Å². The maximum Gasteiger partial charge on any atom is 0.408 e. The molecule has 4 rings (SSSR count).